The fraction of sp³-hybridized carbons (Fsp3) is 0.500. The van der Waals surface area contributed by atoms with Gasteiger partial charge in [0.15, 0.2) is 0 Å². The Morgan fingerprint density at radius 3 is 3.32 bits per heavy atom. The van der Waals surface area contributed by atoms with Crippen LogP contribution in [0.1, 0.15) is 12.0 Å². The van der Waals surface area contributed by atoms with Gasteiger partial charge in [-0.05, 0) is 30.7 Å². The Labute approximate surface area is 112 Å². The SMILES string of the molecule is c1nc2ccc(CNCCC3CNCCO3)cc2[nH]1. The predicted molar refractivity (Wildman–Crippen MR) is 75.0 cm³/mol. The van der Waals surface area contributed by atoms with E-state index < -0.39 is 0 Å². The second-order valence-corrected chi connectivity index (χ2v) is 4.92. The third-order valence-electron chi connectivity index (χ3n) is 3.46. The Morgan fingerprint density at radius 1 is 1.42 bits per heavy atom. The van der Waals surface area contributed by atoms with Gasteiger partial charge in [0.25, 0.3) is 0 Å². The van der Waals surface area contributed by atoms with Crippen LogP contribution in [0.15, 0.2) is 24.5 Å². The summed E-state index contributed by atoms with van der Waals surface area (Å²) in [7, 11) is 0. The number of nitrogens with zero attached hydrogens (tertiary/aromatic N) is 1. The molecule has 1 aliphatic heterocycles. The molecule has 19 heavy (non-hydrogen) atoms. The average molecular weight is 260 g/mol. The second kappa shape index (κ2) is 6.14. The van der Waals surface area contributed by atoms with Crippen molar-refractivity contribution in [3.05, 3.63) is 30.1 Å². The quantitative estimate of drug-likeness (QED) is 0.703. The Morgan fingerprint density at radius 2 is 2.42 bits per heavy atom. The first-order chi connectivity index (χ1) is 9.42. The fourth-order valence-electron chi connectivity index (χ4n) is 2.39. The highest BCUT2D eigenvalue weighted by molar-refractivity contribution is 5.74. The van der Waals surface area contributed by atoms with Gasteiger partial charge < -0.3 is 20.4 Å². The van der Waals surface area contributed by atoms with Crippen molar-refractivity contribution in [3.63, 3.8) is 0 Å². The molecule has 102 valence electrons. The van der Waals surface area contributed by atoms with Crippen molar-refractivity contribution in [2.45, 2.75) is 19.1 Å². The van der Waals surface area contributed by atoms with Gasteiger partial charge >= 0.3 is 0 Å². The molecule has 1 aliphatic rings. The van der Waals surface area contributed by atoms with Crippen LogP contribution < -0.4 is 10.6 Å². The lowest BCUT2D eigenvalue weighted by Gasteiger charge is -2.23. The van der Waals surface area contributed by atoms with Crippen LogP contribution in [0.3, 0.4) is 0 Å². The third-order valence-corrected chi connectivity index (χ3v) is 3.46. The summed E-state index contributed by atoms with van der Waals surface area (Å²) in [5.41, 5.74) is 3.39. The van der Waals surface area contributed by atoms with E-state index in [2.05, 4.69) is 38.8 Å². The number of imidazole rings is 1. The van der Waals surface area contributed by atoms with E-state index in [9.17, 15) is 0 Å². The normalized spacial score (nSPS) is 19.9. The molecule has 0 spiro atoms. The van der Waals surface area contributed by atoms with Gasteiger partial charge in [0.1, 0.15) is 0 Å². The predicted octanol–water partition coefficient (Wildman–Crippen LogP) is 1.03. The molecule has 0 amide bonds. The molecule has 1 aromatic heterocycles. The monoisotopic (exact) mass is 260 g/mol. The lowest BCUT2D eigenvalue weighted by Crippen LogP contribution is -2.39. The fourth-order valence-corrected chi connectivity index (χ4v) is 2.39. The van der Waals surface area contributed by atoms with E-state index in [1.807, 2.05) is 0 Å². The molecule has 2 heterocycles. The molecule has 1 fully saturated rings. The summed E-state index contributed by atoms with van der Waals surface area (Å²) in [4.78, 5) is 7.35. The summed E-state index contributed by atoms with van der Waals surface area (Å²) in [6, 6.07) is 6.32. The summed E-state index contributed by atoms with van der Waals surface area (Å²) >= 11 is 0. The molecule has 1 unspecified atom stereocenters. The molecule has 0 aliphatic carbocycles. The summed E-state index contributed by atoms with van der Waals surface area (Å²) in [6.45, 7) is 4.65. The highest BCUT2D eigenvalue weighted by Crippen LogP contribution is 2.11. The number of ether oxygens (including phenoxy) is 1. The number of aromatic amines is 1. The summed E-state index contributed by atoms with van der Waals surface area (Å²) < 4.78 is 5.66. The number of nitrogens with one attached hydrogen (secondary N) is 3. The van der Waals surface area contributed by atoms with E-state index in [0.717, 1.165) is 50.2 Å². The van der Waals surface area contributed by atoms with Gasteiger partial charge in [-0.15, -0.1) is 0 Å². The first kappa shape index (κ1) is 12.6. The number of rotatable bonds is 5. The largest absolute Gasteiger partial charge is 0.376 e. The number of aromatic nitrogens is 2. The molecule has 5 heteroatoms. The van der Waals surface area contributed by atoms with Crippen LogP contribution in [0.5, 0.6) is 0 Å². The number of hydrogen-bond acceptors (Lipinski definition) is 4. The van der Waals surface area contributed by atoms with Crippen LogP contribution in [0.4, 0.5) is 0 Å². The maximum absolute atomic E-state index is 5.66. The van der Waals surface area contributed by atoms with E-state index in [-0.39, 0.29) is 0 Å². The molecule has 0 saturated carbocycles. The lowest BCUT2D eigenvalue weighted by atomic mass is 10.2. The number of morpholine rings is 1. The minimum atomic E-state index is 0.358. The minimum Gasteiger partial charge on any atom is -0.376 e. The average Bonchev–Trinajstić information content (AvgIpc) is 2.92. The van der Waals surface area contributed by atoms with Gasteiger partial charge in [-0.1, -0.05) is 6.07 Å². The highest BCUT2D eigenvalue weighted by Gasteiger charge is 2.12. The van der Waals surface area contributed by atoms with E-state index in [1.165, 1.54) is 5.56 Å². The zero-order valence-corrected chi connectivity index (χ0v) is 11.0. The zero-order chi connectivity index (χ0) is 12.9. The van der Waals surface area contributed by atoms with Crippen LogP contribution in [0, 0.1) is 0 Å². The molecule has 1 aromatic carbocycles. The Kier molecular flexibility index (Phi) is 4.07. The maximum atomic E-state index is 5.66. The molecule has 3 N–H and O–H groups in total. The molecule has 0 radical (unpaired) electrons. The first-order valence-corrected chi connectivity index (χ1v) is 6.87. The van der Waals surface area contributed by atoms with Gasteiger partial charge in [-0.2, -0.15) is 0 Å². The van der Waals surface area contributed by atoms with Crippen molar-refractivity contribution >= 4 is 11.0 Å². The van der Waals surface area contributed by atoms with Gasteiger partial charge in [0, 0.05) is 19.6 Å². The molecule has 1 atom stereocenters. The van der Waals surface area contributed by atoms with Crippen LogP contribution in [0.2, 0.25) is 0 Å². The van der Waals surface area contributed by atoms with Crippen molar-refractivity contribution in [2.75, 3.05) is 26.2 Å². The van der Waals surface area contributed by atoms with E-state index in [4.69, 9.17) is 4.74 Å². The van der Waals surface area contributed by atoms with E-state index in [0.29, 0.717) is 6.10 Å². The van der Waals surface area contributed by atoms with Crippen molar-refractivity contribution < 1.29 is 4.74 Å². The molecule has 2 aromatic rings. The van der Waals surface area contributed by atoms with Crippen LogP contribution in [-0.2, 0) is 11.3 Å². The minimum absolute atomic E-state index is 0.358. The smallest absolute Gasteiger partial charge is 0.0931 e. The van der Waals surface area contributed by atoms with Crippen molar-refractivity contribution in [1.29, 1.82) is 0 Å². The number of benzene rings is 1. The maximum Gasteiger partial charge on any atom is 0.0931 e. The standard InChI is InChI=1S/C14H20N4O/c1-2-13-14(18-10-17-13)7-11(1)8-15-4-3-12-9-16-5-6-19-12/h1-2,7,10,12,15-16H,3-6,8-9H2,(H,17,18). The highest BCUT2D eigenvalue weighted by atomic mass is 16.5. The zero-order valence-electron chi connectivity index (χ0n) is 11.0. The molecular weight excluding hydrogens is 240 g/mol. The second-order valence-electron chi connectivity index (χ2n) is 4.92. The topological polar surface area (TPSA) is 62.0 Å². The Hall–Kier alpha value is -1.43. The summed E-state index contributed by atoms with van der Waals surface area (Å²) in [5, 5.41) is 6.81. The van der Waals surface area contributed by atoms with E-state index in [1.54, 1.807) is 6.33 Å². The number of fused-ring (bicyclic) bond motifs is 1. The van der Waals surface area contributed by atoms with Crippen LogP contribution in [0.25, 0.3) is 11.0 Å². The first-order valence-electron chi connectivity index (χ1n) is 6.87. The Balaban J connectivity index is 1.43. The number of hydrogen-bond donors (Lipinski definition) is 3. The number of H-pyrrole nitrogens is 1. The van der Waals surface area contributed by atoms with Gasteiger partial charge in [0.05, 0.1) is 30.1 Å². The van der Waals surface area contributed by atoms with Gasteiger partial charge in [-0.3, -0.25) is 0 Å². The van der Waals surface area contributed by atoms with Crippen molar-refractivity contribution in [1.82, 2.24) is 20.6 Å². The van der Waals surface area contributed by atoms with E-state index >= 15 is 0 Å². The third kappa shape index (κ3) is 3.32. The summed E-state index contributed by atoms with van der Waals surface area (Å²) in [5.74, 6) is 0. The molecule has 0 bridgehead atoms. The Bertz CT molecular complexity index is 519. The molecular formula is C14H20N4O. The summed E-state index contributed by atoms with van der Waals surface area (Å²) in [6.07, 6.45) is 3.14. The van der Waals surface area contributed by atoms with Crippen molar-refractivity contribution in [2.24, 2.45) is 0 Å². The molecule has 3 rings (SSSR count). The van der Waals surface area contributed by atoms with Gasteiger partial charge in [0.2, 0.25) is 0 Å². The van der Waals surface area contributed by atoms with Crippen molar-refractivity contribution in [3.8, 4) is 0 Å². The van der Waals surface area contributed by atoms with Gasteiger partial charge in [-0.25, -0.2) is 4.98 Å². The molecule has 1 saturated heterocycles. The molecule has 5 nitrogen and oxygen atoms in total. The lowest BCUT2D eigenvalue weighted by molar-refractivity contribution is 0.0238. The van der Waals surface area contributed by atoms with Crippen LogP contribution >= 0.6 is 0 Å². The van der Waals surface area contributed by atoms with Crippen LogP contribution in [-0.4, -0.2) is 42.3 Å².